The number of carbonyl (C=O) groups excluding carboxylic acids is 2. The van der Waals surface area contributed by atoms with Gasteiger partial charge in [0, 0.05) is 6.54 Å². The van der Waals surface area contributed by atoms with Gasteiger partial charge in [-0.1, -0.05) is 60.3 Å². The first-order chi connectivity index (χ1) is 9.93. The number of piperazine rings is 1. The molecule has 0 bridgehead atoms. The molecular formula is C17H32N2O2. The number of nitrogens with zero attached hydrogens (tertiary/aromatic N) is 1. The monoisotopic (exact) mass is 296 g/mol. The van der Waals surface area contributed by atoms with Crippen LogP contribution in [0.25, 0.3) is 0 Å². The van der Waals surface area contributed by atoms with Crippen molar-refractivity contribution in [1.29, 1.82) is 0 Å². The Labute approximate surface area is 129 Å². The molecule has 1 rings (SSSR count). The number of rotatable bonds is 8. The van der Waals surface area contributed by atoms with E-state index in [0.717, 1.165) is 19.3 Å². The number of amides is 2. The zero-order valence-corrected chi connectivity index (χ0v) is 14.3. The lowest BCUT2D eigenvalue weighted by Crippen LogP contribution is -2.66. The van der Waals surface area contributed by atoms with Crippen LogP contribution in [-0.4, -0.2) is 35.3 Å². The largest absolute Gasteiger partial charge is 0.342 e. The molecule has 1 fully saturated rings. The van der Waals surface area contributed by atoms with E-state index in [-0.39, 0.29) is 35.7 Å². The van der Waals surface area contributed by atoms with E-state index in [9.17, 15) is 9.59 Å². The minimum Gasteiger partial charge on any atom is -0.342 e. The highest BCUT2D eigenvalue weighted by atomic mass is 16.2. The van der Waals surface area contributed by atoms with Gasteiger partial charge >= 0.3 is 0 Å². The molecule has 0 aliphatic carbocycles. The van der Waals surface area contributed by atoms with Crippen molar-refractivity contribution in [2.24, 2.45) is 11.8 Å². The second kappa shape index (κ2) is 8.40. The third-order valence-electron chi connectivity index (χ3n) is 4.55. The number of nitrogens with one attached hydrogen (secondary N) is 1. The van der Waals surface area contributed by atoms with E-state index >= 15 is 0 Å². The average Bonchev–Trinajstić information content (AvgIpc) is 2.45. The molecule has 1 aliphatic rings. The summed E-state index contributed by atoms with van der Waals surface area (Å²) >= 11 is 0. The van der Waals surface area contributed by atoms with Crippen molar-refractivity contribution < 1.29 is 9.59 Å². The van der Waals surface area contributed by atoms with Crippen LogP contribution in [0.5, 0.6) is 0 Å². The van der Waals surface area contributed by atoms with Crippen LogP contribution in [0.4, 0.5) is 0 Å². The molecule has 0 aromatic heterocycles. The molecule has 3 atom stereocenters. The first kappa shape index (κ1) is 18.0. The molecule has 0 saturated carbocycles. The summed E-state index contributed by atoms with van der Waals surface area (Å²) in [5, 5.41) is 2.93. The lowest BCUT2D eigenvalue weighted by molar-refractivity contribution is -0.152. The summed E-state index contributed by atoms with van der Waals surface area (Å²) in [7, 11) is 0. The molecular weight excluding hydrogens is 264 g/mol. The summed E-state index contributed by atoms with van der Waals surface area (Å²) in [5.41, 5.74) is 0. The quantitative estimate of drug-likeness (QED) is 0.700. The van der Waals surface area contributed by atoms with E-state index in [0.29, 0.717) is 6.54 Å². The molecule has 122 valence electrons. The van der Waals surface area contributed by atoms with Crippen molar-refractivity contribution in [3.8, 4) is 0 Å². The fraction of sp³-hybridized carbons (Fsp3) is 0.882. The van der Waals surface area contributed by atoms with Gasteiger partial charge in [0.25, 0.3) is 0 Å². The SMILES string of the molecule is CCCCCCN1C(=O)C(C(C)C)NC(=O)C1C(C)CC. The normalized spacial score (nSPS) is 24.4. The first-order valence-corrected chi connectivity index (χ1v) is 8.54. The number of unbranched alkanes of at least 4 members (excludes halogenated alkanes) is 3. The third kappa shape index (κ3) is 4.45. The molecule has 4 heteroatoms. The van der Waals surface area contributed by atoms with Crippen molar-refractivity contribution in [3.63, 3.8) is 0 Å². The second-order valence-electron chi connectivity index (χ2n) is 6.65. The molecule has 21 heavy (non-hydrogen) atoms. The lowest BCUT2D eigenvalue weighted by Gasteiger charge is -2.42. The van der Waals surface area contributed by atoms with Gasteiger partial charge in [-0.3, -0.25) is 9.59 Å². The van der Waals surface area contributed by atoms with Crippen LogP contribution in [0.15, 0.2) is 0 Å². The highest BCUT2D eigenvalue weighted by molar-refractivity contribution is 5.97. The molecule has 1 saturated heterocycles. The Morgan fingerprint density at radius 3 is 2.29 bits per heavy atom. The van der Waals surface area contributed by atoms with Crippen molar-refractivity contribution in [1.82, 2.24) is 10.2 Å². The van der Waals surface area contributed by atoms with Crippen LogP contribution < -0.4 is 5.32 Å². The summed E-state index contributed by atoms with van der Waals surface area (Å²) in [6.45, 7) is 11.0. The highest BCUT2D eigenvalue weighted by Gasteiger charge is 2.43. The molecule has 0 radical (unpaired) electrons. The van der Waals surface area contributed by atoms with Gasteiger partial charge in [0.05, 0.1) is 0 Å². The fourth-order valence-electron chi connectivity index (χ4n) is 2.96. The van der Waals surface area contributed by atoms with Gasteiger partial charge in [0.1, 0.15) is 12.1 Å². The first-order valence-electron chi connectivity index (χ1n) is 8.54. The number of carbonyl (C=O) groups is 2. The molecule has 1 heterocycles. The molecule has 2 amide bonds. The van der Waals surface area contributed by atoms with Gasteiger partial charge < -0.3 is 10.2 Å². The van der Waals surface area contributed by atoms with Crippen LogP contribution in [-0.2, 0) is 9.59 Å². The maximum absolute atomic E-state index is 12.7. The van der Waals surface area contributed by atoms with Crippen molar-refractivity contribution in [3.05, 3.63) is 0 Å². The smallest absolute Gasteiger partial charge is 0.246 e. The van der Waals surface area contributed by atoms with Gasteiger partial charge in [0.2, 0.25) is 11.8 Å². The molecule has 0 aromatic rings. The average molecular weight is 296 g/mol. The molecule has 0 aromatic carbocycles. The predicted molar refractivity (Wildman–Crippen MR) is 85.9 cm³/mol. The van der Waals surface area contributed by atoms with Crippen LogP contribution in [0.2, 0.25) is 0 Å². The van der Waals surface area contributed by atoms with Crippen LogP contribution >= 0.6 is 0 Å². The molecule has 4 nitrogen and oxygen atoms in total. The summed E-state index contributed by atoms with van der Waals surface area (Å²) in [6.07, 6.45) is 5.39. The number of hydrogen-bond acceptors (Lipinski definition) is 2. The number of hydrogen-bond donors (Lipinski definition) is 1. The van der Waals surface area contributed by atoms with Gasteiger partial charge in [-0.2, -0.15) is 0 Å². The van der Waals surface area contributed by atoms with E-state index in [1.165, 1.54) is 12.8 Å². The molecule has 1 aliphatic heterocycles. The summed E-state index contributed by atoms with van der Waals surface area (Å²) < 4.78 is 0. The zero-order chi connectivity index (χ0) is 16.0. The highest BCUT2D eigenvalue weighted by Crippen LogP contribution is 2.23. The Hall–Kier alpha value is -1.06. The minimum absolute atomic E-state index is 0.0261. The molecule has 0 spiro atoms. The maximum atomic E-state index is 12.7. The van der Waals surface area contributed by atoms with E-state index in [1.54, 1.807) is 0 Å². The second-order valence-corrected chi connectivity index (χ2v) is 6.65. The van der Waals surface area contributed by atoms with Crippen LogP contribution in [0.1, 0.15) is 66.7 Å². The Morgan fingerprint density at radius 1 is 1.10 bits per heavy atom. The van der Waals surface area contributed by atoms with E-state index in [4.69, 9.17) is 0 Å². The van der Waals surface area contributed by atoms with Gasteiger partial charge in [0.15, 0.2) is 0 Å². The maximum Gasteiger partial charge on any atom is 0.246 e. The van der Waals surface area contributed by atoms with Crippen molar-refractivity contribution in [2.45, 2.75) is 78.8 Å². The van der Waals surface area contributed by atoms with E-state index in [2.05, 4.69) is 26.1 Å². The van der Waals surface area contributed by atoms with Gasteiger partial charge in [-0.15, -0.1) is 0 Å². The predicted octanol–water partition coefficient (Wildman–Crippen LogP) is 2.96. The van der Waals surface area contributed by atoms with Gasteiger partial charge in [-0.25, -0.2) is 0 Å². The van der Waals surface area contributed by atoms with E-state index < -0.39 is 0 Å². The minimum atomic E-state index is -0.357. The lowest BCUT2D eigenvalue weighted by atomic mass is 9.90. The summed E-state index contributed by atoms with van der Waals surface area (Å²) in [4.78, 5) is 27.0. The van der Waals surface area contributed by atoms with E-state index in [1.807, 2.05) is 18.7 Å². The Balaban J connectivity index is 2.84. The molecule has 3 unspecified atom stereocenters. The van der Waals surface area contributed by atoms with Crippen molar-refractivity contribution >= 4 is 11.8 Å². The summed E-state index contributed by atoms with van der Waals surface area (Å²) in [5.74, 6) is 0.468. The Morgan fingerprint density at radius 2 is 1.76 bits per heavy atom. The van der Waals surface area contributed by atoms with Crippen LogP contribution in [0, 0.1) is 11.8 Å². The zero-order valence-electron chi connectivity index (χ0n) is 14.3. The Kier molecular flexibility index (Phi) is 7.20. The van der Waals surface area contributed by atoms with Crippen LogP contribution in [0.3, 0.4) is 0 Å². The fourth-order valence-corrected chi connectivity index (χ4v) is 2.96. The van der Waals surface area contributed by atoms with Crippen molar-refractivity contribution in [2.75, 3.05) is 6.54 Å². The topological polar surface area (TPSA) is 49.4 Å². The van der Waals surface area contributed by atoms with Gasteiger partial charge in [-0.05, 0) is 18.3 Å². The molecule has 1 N–H and O–H groups in total. The third-order valence-corrected chi connectivity index (χ3v) is 4.55. The standard InChI is InChI=1S/C17H32N2O2/c1-6-8-9-10-11-19-15(13(5)7-2)16(20)18-14(12(3)4)17(19)21/h12-15H,6-11H2,1-5H3,(H,18,20). The summed E-state index contributed by atoms with van der Waals surface area (Å²) in [6, 6.07) is -0.650. The Bertz CT molecular complexity index is 355.